The van der Waals surface area contributed by atoms with Crippen LogP contribution in [0.1, 0.15) is 23.6 Å². The molecule has 0 aliphatic carbocycles. The summed E-state index contributed by atoms with van der Waals surface area (Å²) in [5, 5.41) is 0. The number of aryl methyl sites for hydroxylation is 3. The van der Waals surface area contributed by atoms with E-state index in [-0.39, 0.29) is 23.9 Å². The number of para-hydroxylation sites is 1. The first-order valence-corrected chi connectivity index (χ1v) is 9.61. The van der Waals surface area contributed by atoms with Crippen molar-refractivity contribution in [3.8, 4) is 0 Å². The third kappa shape index (κ3) is 4.67. The van der Waals surface area contributed by atoms with Gasteiger partial charge >= 0.3 is 0 Å². The van der Waals surface area contributed by atoms with Crippen molar-refractivity contribution >= 4 is 21.6 Å². The van der Waals surface area contributed by atoms with Gasteiger partial charge in [0.15, 0.2) is 0 Å². The van der Waals surface area contributed by atoms with Crippen molar-refractivity contribution in [3.05, 3.63) is 59.2 Å². The Labute approximate surface area is 149 Å². The quantitative estimate of drug-likeness (QED) is 0.861. The van der Waals surface area contributed by atoms with Crippen LogP contribution in [0, 0.1) is 20.8 Å². The van der Waals surface area contributed by atoms with Gasteiger partial charge in [-0.25, -0.2) is 13.1 Å². The van der Waals surface area contributed by atoms with E-state index in [1.54, 1.807) is 23.1 Å². The average Bonchev–Trinajstić information content (AvgIpc) is 2.54. The summed E-state index contributed by atoms with van der Waals surface area (Å²) in [6.07, 6.45) is 0. The van der Waals surface area contributed by atoms with E-state index >= 15 is 0 Å². The Balaban J connectivity index is 2.10. The van der Waals surface area contributed by atoms with Gasteiger partial charge < -0.3 is 4.90 Å². The number of hydrogen-bond acceptors (Lipinski definition) is 3. The zero-order chi connectivity index (χ0) is 18.6. The molecule has 5 nitrogen and oxygen atoms in total. The van der Waals surface area contributed by atoms with Crippen LogP contribution in [0.3, 0.4) is 0 Å². The van der Waals surface area contributed by atoms with Gasteiger partial charge in [-0.15, -0.1) is 0 Å². The van der Waals surface area contributed by atoms with Gasteiger partial charge in [0.05, 0.1) is 4.90 Å². The Bertz CT molecular complexity index is 876. The number of benzene rings is 2. The third-order valence-corrected chi connectivity index (χ3v) is 5.66. The molecule has 2 aromatic carbocycles. The molecule has 0 radical (unpaired) electrons. The molecule has 0 fully saturated rings. The Morgan fingerprint density at radius 3 is 2.28 bits per heavy atom. The molecule has 0 spiro atoms. The maximum atomic E-state index is 12.4. The summed E-state index contributed by atoms with van der Waals surface area (Å²) in [4.78, 5) is 13.8. The predicted octanol–water partition coefficient (Wildman–Crippen LogP) is 2.94. The fourth-order valence-corrected chi connectivity index (χ4v) is 3.68. The summed E-state index contributed by atoms with van der Waals surface area (Å²) in [5.41, 5.74) is 3.73. The first-order chi connectivity index (χ1) is 11.7. The number of anilines is 1. The minimum absolute atomic E-state index is 0.125. The van der Waals surface area contributed by atoms with Gasteiger partial charge in [-0.1, -0.05) is 24.3 Å². The minimum atomic E-state index is -3.60. The molecule has 134 valence electrons. The SMILES string of the molecule is CC(=O)N(CCNS(=O)(=O)c1ccc(C)c(C)c1)c1ccccc1C. The van der Waals surface area contributed by atoms with Gasteiger partial charge in [-0.2, -0.15) is 0 Å². The van der Waals surface area contributed by atoms with Gasteiger partial charge in [-0.3, -0.25) is 4.79 Å². The normalized spacial score (nSPS) is 11.4. The van der Waals surface area contributed by atoms with E-state index in [9.17, 15) is 13.2 Å². The first-order valence-electron chi connectivity index (χ1n) is 8.13. The maximum Gasteiger partial charge on any atom is 0.240 e. The van der Waals surface area contributed by atoms with E-state index in [1.165, 1.54) is 6.92 Å². The highest BCUT2D eigenvalue weighted by Gasteiger charge is 2.17. The van der Waals surface area contributed by atoms with E-state index in [2.05, 4.69) is 4.72 Å². The Morgan fingerprint density at radius 2 is 1.68 bits per heavy atom. The van der Waals surface area contributed by atoms with Crippen molar-refractivity contribution in [2.24, 2.45) is 0 Å². The van der Waals surface area contributed by atoms with Crippen molar-refractivity contribution in [2.45, 2.75) is 32.6 Å². The summed E-state index contributed by atoms with van der Waals surface area (Å²) in [7, 11) is -3.60. The van der Waals surface area contributed by atoms with Crippen molar-refractivity contribution < 1.29 is 13.2 Å². The van der Waals surface area contributed by atoms with E-state index < -0.39 is 10.0 Å². The van der Waals surface area contributed by atoms with Crippen molar-refractivity contribution in [2.75, 3.05) is 18.0 Å². The van der Waals surface area contributed by atoms with Crippen LogP contribution in [-0.4, -0.2) is 27.4 Å². The summed E-state index contributed by atoms with van der Waals surface area (Å²) >= 11 is 0. The molecule has 0 heterocycles. The lowest BCUT2D eigenvalue weighted by Crippen LogP contribution is -2.37. The van der Waals surface area contributed by atoms with Gasteiger partial charge in [0, 0.05) is 25.7 Å². The topological polar surface area (TPSA) is 66.5 Å². The average molecular weight is 360 g/mol. The highest BCUT2D eigenvalue weighted by atomic mass is 32.2. The molecule has 25 heavy (non-hydrogen) atoms. The standard InChI is InChI=1S/C19H24N2O3S/c1-14-9-10-18(13-16(14)3)25(23,24)20-11-12-21(17(4)22)19-8-6-5-7-15(19)2/h5-10,13,20H,11-12H2,1-4H3. The lowest BCUT2D eigenvalue weighted by molar-refractivity contribution is -0.116. The molecule has 2 aromatic rings. The van der Waals surface area contributed by atoms with E-state index in [4.69, 9.17) is 0 Å². The zero-order valence-corrected chi connectivity index (χ0v) is 15.9. The second-order valence-electron chi connectivity index (χ2n) is 6.10. The van der Waals surface area contributed by atoms with Crippen molar-refractivity contribution in [3.63, 3.8) is 0 Å². The summed E-state index contributed by atoms with van der Waals surface area (Å²) in [5.74, 6) is -0.125. The Morgan fingerprint density at radius 1 is 1.00 bits per heavy atom. The van der Waals surface area contributed by atoms with Crippen LogP contribution in [0.25, 0.3) is 0 Å². The van der Waals surface area contributed by atoms with E-state index in [1.807, 2.05) is 45.0 Å². The van der Waals surface area contributed by atoms with Gasteiger partial charge in [0.25, 0.3) is 0 Å². The molecule has 0 aromatic heterocycles. The van der Waals surface area contributed by atoms with Crippen LogP contribution in [0.5, 0.6) is 0 Å². The highest BCUT2D eigenvalue weighted by molar-refractivity contribution is 7.89. The van der Waals surface area contributed by atoms with Gasteiger partial charge in [0.1, 0.15) is 0 Å². The molecule has 0 bridgehead atoms. The highest BCUT2D eigenvalue weighted by Crippen LogP contribution is 2.19. The van der Waals surface area contributed by atoms with E-state index in [0.717, 1.165) is 22.4 Å². The molecule has 6 heteroatoms. The number of carbonyl (C=O) groups is 1. The predicted molar refractivity (Wildman–Crippen MR) is 100 cm³/mol. The fraction of sp³-hybridized carbons (Fsp3) is 0.316. The molecule has 0 atom stereocenters. The van der Waals surface area contributed by atoms with Crippen LogP contribution < -0.4 is 9.62 Å². The number of amides is 1. The summed E-state index contributed by atoms with van der Waals surface area (Å²) in [6.45, 7) is 7.62. The Hall–Kier alpha value is -2.18. The number of rotatable bonds is 6. The number of nitrogens with zero attached hydrogens (tertiary/aromatic N) is 1. The molecule has 0 unspecified atom stereocenters. The first kappa shape index (κ1) is 19.1. The van der Waals surface area contributed by atoms with Crippen LogP contribution >= 0.6 is 0 Å². The molecule has 1 N–H and O–H groups in total. The lowest BCUT2D eigenvalue weighted by atomic mass is 10.1. The molecular formula is C19H24N2O3S. The second-order valence-corrected chi connectivity index (χ2v) is 7.87. The molecule has 1 amide bonds. The van der Waals surface area contributed by atoms with Crippen LogP contribution in [-0.2, 0) is 14.8 Å². The molecule has 0 saturated heterocycles. The third-order valence-electron chi connectivity index (χ3n) is 4.20. The maximum absolute atomic E-state index is 12.4. The minimum Gasteiger partial charge on any atom is -0.311 e. The second kappa shape index (κ2) is 7.80. The zero-order valence-electron chi connectivity index (χ0n) is 15.0. The van der Waals surface area contributed by atoms with Crippen LogP contribution in [0.2, 0.25) is 0 Å². The van der Waals surface area contributed by atoms with Crippen molar-refractivity contribution in [1.82, 2.24) is 4.72 Å². The summed E-state index contributed by atoms with van der Waals surface area (Å²) in [6, 6.07) is 12.6. The van der Waals surface area contributed by atoms with E-state index in [0.29, 0.717) is 0 Å². The monoisotopic (exact) mass is 360 g/mol. The largest absolute Gasteiger partial charge is 0.311 e. The summed E-state index contributed by atoms with van der Waals surface area (Å²) < 4.78 is 27.4. The number of sulfonamides is 1. The molecule has 2 rings (SSSR count). The van der Waals surface area contributed by atoms with Gasteiger partial charge in [0.2, 0.25) is 15.9 Å². The number of hydrogen-bond donors (Lipinski definition) is 1. The van der Waals surface area contributed by atoms with Crippen molar-refractivity contribution in [1.29, 1.82) is 0 Å². The lowest BCUT2D eigenvalue weighted by Gasteiger charge is -2.23. The smallest absolute Gasteiger partial charge is 0.240 e. The van der Waals surface area contributed by atoms with Gasteiger partial charge in [-0.05, 0) is 55.7 Å². The van der Waals surface area contributed by atoms with Crippen LogP contribution in [0.4, 0.5) is 5.69 Å². The molecule has 0 aliphatic heterocycles. The molecule has 0 aliphatic rings. The Kier molecular flexibility index (Phi) is 5.98. The van der Waals surface area contributed by atoms with Crippen LogP contribution in [0.15, 0.2) is 47.4 Å². The number of nitrogens with one attached hydrogen (secondary N) is 1. The fourth-order valence-electron chi connectivity index (χ4n) is 2.57. The molecular weight excluding hydrogens is 336 g/mol. The molecule has 0 saturated carbocycles. The number of carbonyl (C=O) groups excluding carboxylic acids is 1.